The van der Waals surface area contributed by atoms with Gasteiger partial charge in [0.05, 0.1) is 17.1 Å². The summed E-state index contributed by atoms with van der Waals surface area (Å²) in [6, 6.07) is 79.9. The largest absolute Gasteiger partial charge is 0.310 e. The van der Waals surface area contributed by atoms with Crippen LogP contribution in [0.5, 0.6) is 0 Å². The maximum atomic E-state index is 2.48. The number of rotatable bonds is 7. The molecular formula is C57H42N2. The molecule has 10 aromatic rings. The molecule has 0 fully saturated rings. The van der Waals surface area contributed by atoms with Crippen LogP contribution in [0.2, 0.25) is 0 Å². The van der Waals surface area contributed by atoms with Crippen LogP contribution >= 0.6 is 0 Å². The van der Waals surface area contributed by atoms with Gasteiger partial charge in [0.2, 0.25) is 0 Å². The van der Waals surface area contributed by atoms with E-state index in [0.717, 1.165) is 22.7 Å². The van der Waals surface area contributed by atoms with E-state index in [1.165, 1.54) is 77.1 Å². The Morgan fingerprint density at radius 1 is 0.322 bits per heavy atom. The van der Waals surface area contributed by atoms with Crippen molar-refractivity contribution in [2.75, 3.05) is 9.80 Å². The molecule has 2 heteroatoms. The summed E-state index contributed by atoms with van der Waals surface area (Å²) in [5, 5.41) is 7.34. The highest BCUT2D eigenvalue weighted by Crippen LogP contribution is 2.54. The van der Waals surface area contributed by atoms with E-state index in [1.807, 2.05) is 0 Å². The van der Waals surface area contributed by atoms with Crippen molar-refractivity contribution in [3.05, 3.63) is 230 Å². The molecule has 1 aliphatic carbocycles. The van der Waals surface area contributed by atoms with E-state index >= 15 is 0 Å². The molecule has 59 heavy (non-hydrogen) atoms. The number of hydrogen-bond acceptors (Lipinski definition) is 2. The first-order valence-corrected chi connectivity index (χ1v) is 20.5. The number of nitrogens with zero attached hydrogens (tertiary/aromatic N) is 2. The topological polar surface area (TPSA) is 6.48 Å². The lowest BCUT2D eigenvalue weighted by atomic mass is 9.81. The average molecular weight is 755 g/mol. The van der Waals surface area contributed by atoms with Crippen molar-refractivity contribution < 1.29 is 0 Å². The van der Waals surface area contributed by atoms with Crippen LogP contribution in [-0.4, -0.2) is 0 Å². The zero-order valence-electron chi connectivity index (χ0n) is 33.2. The van der Waals surface area contributed by atoms with Crippen LogP contribution in [0, 0.1) is 0 Å². The molecule has 2 nitrogen and oxygen atoms in total. The predicted molar refractivity (Wildman–Crippen MR) is 251 cm³/mol. The fraction of sp³-hybridized carbons (Fsp3) is 0.0526. The Morgan fingerprint density at radius 2 is 0.780 bits per heavy atom. The first-order valence-electron chi connectivity index (χ1n) is 20.5. The molecule has 0 aliphatic heterocycles. The van der Waals surface area contributed by atoms with Gasteiger partial charge in [0.25, 0.3) is 0 Å². The van der Waals surface area contributed by atoms with Gasteiger partial charge in [0, 0.05) is 33.2 Å². The summed E-state index contributed by atoms with van der Waals surface area (Å²) in [6.45, 7) is 4.74. The summed E-state index contributed by atoms with van der Waals surface area (Å²) in [5.41, 5.74) is 14.4. The Kier molecular flexibility index (Phi) is 8.20. The third-order valence-electron chi connectivity index (χ3n) is 12.4. The van der Waals surface area contributed by atoms with E-state index < -0.39 is 0 Å². The fourth-order valence-electron chi connectivity index (χ4n) is 9.57. The maximum Gasteiger partial charge on any atom is 0.0540 e. The molecule has 0 bridgehead atoms. The maximum absolute atomic E-state index is 2.48. The Labute approximate surface area is 345 Å². The molecule has 0 atom stereocenters. The van der Waals surface area contributed by atoms with Crippen molar-refractivity contribution in [2.24, 2.45) is 0 Å². The van der Waals surface area contributed by atoms with Crippen molar-refractivity contribution in [1.29, 1.82) is 0 Å². The van der Waals surface area contributed by atoms with Gasteiger partial charge < -0.3 is 9.80 Å². The molecule has 0 N–H and O–H groups in total. The highest BCUT2D eigenvalue weighted by Gasteiger charge is 2.38. The van der Waals surface area contributed by atoms with Crippen LogP contribution in [0.1, 0.15) is 25.0 Å². The summed E-state index contributed by atoms with van der Waals surface area (Å²) in [5.74, 6) is 0. The fourth-order valence-corrected chi connectivity index (χ4v) is 9.57. The number of hydrogen-bond donors (Lipinski definition) is 0. The molecule has 0 spiro atoms. The van der Waals surface area contributed by atoms with E-state index in [4.69, 9.17) is 0 Å². The SMILES string of the molecule is CC1(C)c2ccccc2-c2cccc(N(c3ccc(-c4ccc(N(c5ccc6ccccc6c5)c5cccc6ccccc56)cc4)cc3)c3cccc4ccccc34)c21. The predicted octanol–water partition coefficient (Wildman–Crippen LogP) is 16.1. The normalized spacial score (nSPS) is 12.7. The minimum Gasteiger partial charge on any atom is -0.310 e. The quantitative estimate of drug-likeness (QED) is 0.160. The highest BCUT2D eigenvalue weighted by atomic mass is 15.2. The molecule has 0 aromatic heterocycles. The lowest BCUT2D eigenvalue weighted by Crippen LogP contribution is -2.20. The van der Waals surface area contributed by atoms with Crippen LogP contribution < -0.4 is 9.80 Å². The summed E-state index contributed by atoms with van der Waals surface area (Å²) >= 11 is 0. The van der Waals surface area contributed by atoms with Gasteiger partial charge in [-0.2, -0.15) is 0 Å². The first kappa shape index (κ1) is 34.8. The van der Waals surface area contributed by atoms with Gasteiger partial charge in [-0.1, -0.05) is 178 Å². The van der Waals surface area contributed by atoms with E-state index in [-0.39, 0.29) is 5.41 Å². The molecule has 0 saturated heterocycles. The monoisotopic (exact) mass is 754 g/mol. The zero-order valence-corrected chi connectivity index (χ0v) is 33.2. The second kappa shape index (κ2) is 13.9. The van der Waals surface area contributed by atoms with Gasteiger partial charge in [0.15, 0.2) is 0 Å². The van der Waals surface area contributed by atoms with Crippen LogP contribution in [0.25, 0.3) is 54.6 Å². The number of anilines is 6. The Balaban J connectivity index is 1.01. The lowest BCUT2D eigenvalue weighted by molar-refractivity contribution is 0.661. The molecule has 280 valence electrons. The second-order valence-corrected chi connectivity index (χ2v) is 16.2. The van der Waals surface area contributed by atoms with Crippen LogP contribution in [0.15, 0.2) is 218 Å². The molecule has 0 saturated carbocycles. The van der Waals surface area contributed by atoms with Gasteiger partial charge in [-0.05, 0) is 110 Å². The molecular weight excluding hydrogens is 713 g/mol. The minimum absolute atomic E-state index is 0.167. The van der Waals surface area contributed by atoms with E-state index in [9.17, 15) is 0 Å². The molecule has 0 radical (unpaired) electrons. The summed E-state index contributed by atoms with van der Waals surface area (Å²) < 4.78 is 0. The Bertz CT molecular complexity index is 3180. The number of fused-ring (bicyclic) bond motifs is 6. The van der Waals surface area contributed by atoms with Gasteiger partial charge in [0.1, 0.15) is 0 Å². The zero-order chi connectivity index (χ0) is 39.5. The first-order chi connectivity index (χ1) is 29.0. The van der Waals surface area contributed by atoms with Gasteiger partial charge >= 0.3 is 0 Å². The van der Waals surface area contributed by atoms with E-state index in [2.05, 4.69) is 242 Å². The molecule has 10 aromatic carbocycles. The molecule has 0 amide bonds. The molecule has 0 heterocycles. The third-order valence-corrected chi connectivity index (χ3v) is 12.4. The van der Waals surface area contributed by atoms with Gasteiger partial charge in [-0.3, -0.25) is 0 Å². The van der Waals surface area contributed by atoms with Crippen LogP contribution in [0.4, 0.5) is 34.1 Å². The Hall–Kier alpha value is -7.42. The van der Waals surface area contributed by atoms with E-state index in [0.29, 0.717) is 0 Å². The summed E-state index contributed by atoms with van der Waals surface area (Å²) in [6.07, 6.45) is 0. The van der Waals surface area contributed by atoms with Crippen LogP contribution in [0.3, 0.4) is 0 Å². The summed E-state index contributed by atoms with van der Waals surface area (Å²) in [4.78, 5) is 4.87. The van der Waals surface area contributed by atoms with Crippen molar-refractivity contribution in [3.8, 4) is 22.3 Å². The molecule has 1 aliphatic rings. The minimum atomic E-state index is -0.167. The van der Waals surface area contributed by atoms with Crippen molar-refractivity contribution in [2.45, 2.75) is 19.3 Å². The standard InChI is InChI=1S/C57H42N2/c1-57(2)52-24-10-9-22-50(52)51-23-13-27-55(56(51)57)59(54-26-12-19-43-16-6-8-21-49(43)54)46-35-30-41(31-36-46)40-28-33-45(34-29-40)58(47-37-32-39-14-3-4-17-44(39)38-47)53-25-11-18-42-15-5-7-20-48(42)53/h3-38H,1-2H3. The van der Waals surface area contributed by atoms with Crippen molar-refractivity contribution in [3.63, 3.8) is 0 Å². The van der Waals surface area contributed by atoms with Crippen molar-refractivity contribution in [1.82, 2.24) is 0 Å². The van der Waals surface area contributed by atoms with Crippen molar-refractivity contribution >= 4 is 66.4 Å². The second-order valence-electron chi connectivity index (χ2n) is 16.2. The average Bonchev–Trinajstić information content (AvgIpc) is 3.53. The van der Waals surface area contributed by atoms with Gasteiger partial charge in [-0.15, -0.1) is 0 Å². The number of benzene rings is 10. The summed E-state index contributed by atoms with van der Waals surface area (Å²) in [7, 11) is 0. The highest BCUT2D eigenvalue weighted by molar-refractivity contribution is 6.02. The van der Waals surface area contributed by atoms with Gasteiger partial charge in [-0.25, -0.2) is 0 Å². The van der Waals surface area contributed by atoms with Crippen LogP contribution in [-0.2, 0) is 5.41 Å². The smallest absolute Gasteiger partial charge is 0.0540 e. The lowest BCUT2D eigenvalue weighted by Gasteiger charge is -2.33. The third kappa shape index (κ3) is 5.79. The van der Waals surface area contributed by atoms with E-state index in [1.54, 1.807) is 0 Å². The Morgan fingerprint density at radius 3 is 1.44 bits per heavy atom. The molecule has 0 unspecified atom stereocenters. The molecule has 11 rings (SSSR count).